The molecule has 0 aliphatic heterocycles. The number of carbonyl (C=O) groups is 2. The molecule has 0 spiro atoms. The monoisotopic (exact) mass is 676 g/mol. The van der Waals surface area contributed by atoms with Gasteiger partial charge in [0.2, 0.25) is 6.29 Å². The smallest absolute Gasteiger partial charge is 0.435 e. The van der Waals surface area contributed by atoms with Crippen LogP contribution in [0.25, 0.3) is 16.9 Å². The molecule has 1 N–H and O–H groups in total. The summed E-state index contributed by atoms with van der Waals surface area (Å²) in [6.45, 7) is 2.46. The van der Waals surface area contributed by atoms with E-state index in [9.17, 15) is 36.4 Å². The van der Waals surface area contributed by atoms with E-state index in [2.05, 4.69) is 5.10 Å². The fraction of sp³-hybridized carbons (Fsp3) is 0.233. The normalized spacial score (nSPS) is 12.6. The van der Waals surface area contributed by atoms with E-state index in [1.165, 1.54) is 38.2 Å². The van der Waals surface area contributed by atoms with E-state index in [0.717, 1.165) is 33.5 Å². The van der Waals surface area contributed by atoms with Gasteiger partial charge in [-0.05, 0) is 56.3 Å². The zero-order chi connectivity index (χ0) is 34.4. The van der Waals surface area contributed by atoms with E-state index in [1.807, 2.05) is 6.92 Å². The number of hydrogen-bond donors (Lipinski definition) is 1. The molecule has 0 fully saturated rings. The summed E-state index contributed by atoms with van der Waals surface area (Å²) < 4.78 is 78.6. The minimum atomic E-state index is -4.72. The predicted molar refractivity (Wildman–Crippen MR) is 161 cm³/mol. The Morgan fingerprint density at radius 1 is 1.02 bits per heavy atom. The second-order valence-electron chi connectivity index (χ2n) is 9.99. The summed E-state index contributed by atoms with van der Waals surface area (Å²) in [6.07, 6.45) is -7.34. The van der Waals surface area contributed by atoms with Crippen molar-refractivity contribution in [1.29, 1.82) is 0 Å². The van der Waals surface area contributed by atoms with Crippen LogP contribution in [0.4, 0.5) is 18.0 Å². The van der Waals surface area contributed by atoms with Crippen molar-refractivity contribution in [2.45, 2.75) is 31.2 Å². The Morgan fingerprint density at radius 2 is 1.66 bits per heavy atom. The number of ether oxygens (including phenoxy) is 2. The van der Waals surface area contributed by atoms with Crippen molar-refractivity contribution in [1.82, 2.24) is 24.8 Å². The lowest BCUT2D eigenvalue weighted by Crippen LogP contribution is -2.41. The summed E-state index contributed by atoms with van der Waals surface area (Å²) in [5.41, 5.74) is 0.742. The molecule has 0 bridgehead atoms. The van der Waals surface area contributed by atoms with Crippen molar-refractivity contribution < 1.29 is 45.5 Å². The molecule has 1 heterocycles. The number of carbonyl (C=O) groups excluding carboxylic acids is 2. The molecular weight excluding hydrogens is 647 g/mol. The number of rotatable bonds is 12. The first-order valence-corrected chi connectivity index (χ1v) is 15.3. The summed E-state index contributed by atoms with van der Waals surface area (Å²) >= 11 is 0. The highest BCUT2D eigenvalue weighted by Gasteiger charge is 2.35. The van der Waals surface area contributed by atoms with Gasteiger partial charge in [-0.25, -0.2) is 32.4 Å². The maximum Gasteiger partial charge on any atom is 0.435 e. The van der Waals surface area contributed by atoms with E-state index in [4.69, 9.17) is 14.3 Å². The predicted octanol–water partition coefficient (Wildman–Crippen LogP) is 5.06. The fourth-order valence-electron chi connectivity index (χ4n) is 3.99. The Labute approximate surface area is 267 Å². The van der Waals surface area contributed by atoms with Gasteiger partial charge < -0.3 is 14.7 Å². The van der Waals surface area contributed by atoms with Crippen LogP contribution in [0.3, 0.4) is 0 Å². The minimum absolute atomic E-state index is 0.00398. The van der Waals surface area contributed by atoms with Crippen LogP contribution in [-0.4, -0.2) is 67.1 Å². The third kappa shape index (κ3) is 9.36. The van der Waals surface area contributed by atoms with E-state index in [-0.39, 0.29) is 33.7 Å². The summed E-state index contributed by atoms with van der Waals surface area (Å²) in [6, 6.07) is 20.3. The minimum Gasteiger partial charge on any atom is -0.748 e. The SMILES string of the molecule is Cc1ccc(-c2cc(C(F)(F)F)nn2-c2ccc(S(=O)(=O)NC(=O)OCCN(C)N([O-])OC(C)OC(=O)c3ccccc3)cc2)cc1. The zero-order valence-electron chi connectivity index (χ0n) is 25.2. The van der Waals surface area contributed by atoms with Crippen LogP contribution in [0, 0.1) is 12.1 Å². The van der Waals surface area contributed by atoms with Gasteiger partial charge in [-0.3, -0.25) is 4.84 Å². The summed E-state index contributed by atoms with van der Waals surface area (Å²) in [4.78, 5) is 28.8. The lowest BCUT2D eigenvalue weighted by molar-refractivity contribution is -0.309. The summed E-state index contributed by atoms with van der Waals surface area (Å²) in [5.74, 6) is -0.714. The van der Waals surface area contributed by atoms with Gasteiger partial charge in [-0.1, -0.05) is 48.0 Å². The largest absolute Gasteiger partial charge is 0.748 e. The number of likely N-dealkylation sites (N-methyl/N-ethyl adjacent to an activating group) is 1. The quantitative estimate of drug-likeness (QED) is 0.122. The summed E-state index contributed by atoms with van der Waals surface area (Å²) in [7, 11) is -3.18. The molecule has 3 aromatic carbocycles. The number of benzene rings is 3. The first kappa shape index (κ1) is 35.1. The fourth-order valence-corrected chi connectivity index (χ4v) is 4.88. The van der Waals surface area contributed by atoms with Crippen LogP contribution in [0.15, 0.2) is 89.8 Å². The molecule has 0 aliphatic rings. The second kappa shape index (κ2) is 14.7. The van der Waals surface area contributed by atoms with Crippen molar-refractivity contribution in [3.8, 4) is 16.9 Å². The van der Waals surface area contributed by atoms with Crippen LogP contribution in [0.1, 0.15) is 28.5 Å². The van der Waals surface area contributed by atoms with Crippen LogP contribution in [0.2, 0.25) is 0 Å². The van der Waals surface area contributed by atoms with Crippen LogP contribution >= 0.6 is 0 Å². The number of esters is 1. The number of halogens is 3. The van der Waals surface area contributed by atoms with Crippen molar-refractivity contribution in [2.24, 2.45) is 0 Å². The lowest BCUT2D eigenvalue weighted by Gasteiger charge is -2.36. The molecule has 0 aliphatic carbocycles. The Balaban J connectivity index is 1.32. The third-order valence-corrected chi connectivity index (χ3v) is 7.73. The van der Waals surface area contributed by atoms with E-state index >= 15 is 0 Å². The van der Waals surface area contributed by atoms with Crippen LogP contribution < -0.4 is 4.72 Å². The first-order valence-electron chi connectivity index (χ1n) is 13.8. The molecule has 4 aromatic rings. The Kier molecular flexibility index (Phi) is 11.0. The Morgan fingerprint density at radius 3 is 2.28 bits per heavy atom. The van der Waals surface area contributed by atoms with Gasteiger partial charge in [0.05, 0.1) is 21.8 Å². The molecule has 13 nitrogen and oxygen atoms in total. The van der Waals surface area contributed by atoms with Gasteiger partial charge in [-0.15, -0.1) is 0 Å². The highest BCUT2D eigenvalue weighted by Crippen LogP contribution is 2.33. The standard InChI is InChI=1S/C30H29F3N5O8S/c1-20-9-11-22(12-10-20)26-19-27(30(31,32)33)34-37(26)24-13-15-25(16-14-24)47(42,43)35-29(40)44-18-17-36(3)38(41)46-21(2)45-28(39)23-7-5-4-6-8-23/h4-16,19,21H,17-18H2,1-3H3,(H,35,40)/q-1. The molecule has 4 rings (SSSR count). The third-order valence-electron chi connectivity index (χ3n) is 6.40. The number of hydrogen-bond acceptors (Lipinski definition) is 11. The van der Waals surface area contributed by atoms with Crippen LogP contribution in [-0.2, 0) is 30.5 Å². The van der Waals surface area contributed by atoms with Gasteiger partial charge in [0.1, 0.15) is 6.61 Å². The number of nitrogens with zero attached hydrogens (tertiary/aromatic N) is 4. The summed E-state index contributed by atoms with van der Waals surface area (Å²) in [5, 5.41) is 16.8. The van der Waals surface area contributed by atoms with E-state index < -0.39 is 46.9 Å². The second-order valence-corrected chi connectivity index (χ2v) is 11.7. The number of hydrazine groups is 1. The molecule has 1 amide bonds. The van der Waals surface area contributed by atoms with E-state index in [0.29, 0.717) is 5.56 Å². The molecule has 17 heteroatoms. The van der Waals surface area contributed by atoms with Crippen molar-refractivity contribution >= 4 is 22.1 Å². The van der Waals surface area contributed by atoms with Crippen molar-refractivity contribution in [3.63, 3.8) is 0 Å². The zero-order valence-corrected chi connectivity index (χ0v) is 26.0. The number of amides is 1. The number of nitrogens with one attached hydrogen (secondary N) is 1. The molecule has 1 unspecified atom stereocenters. The first-order chi connectivity index (χ1) is 22.1. The molecule has 1 atom stereocenters. The molecule has 0 saturated carbocycles. The molecule has 1 aromatic heterocycles. The molecular formula is C30H29F3N5O8S-. The van der Waals surface area contributed by atoms with Gasteiger partial charge in [0.15, 0.2) is 5.69 Å². The maximum absolute atomic E-state index is 13.5. The molecule has 0 saturated heterocycles. The number of aryl methyl sites for hydroxylation is 1. The Hall–Kier alpha value is -4.81. The topological polar surface area (TPSA) is 155 Å². The lowest BCUT2D eigenvalue weighted by atomic mass is 10.1. The number of aromatic nitrogens is 2. The van der Waals surface area contributed by atoms with Crippen molar-refractivity contribution in [3.05, 3.63) is 107 Å². The average molecular weight is 677 g/mol. The van der Waals surface area contributed by atoms with E-state index in [1.54, 1.807) is 47.2 Å². The highest BCUT2D eigenvalue weighted by molar-refractivity contribution is 7.90. The maximum atomic E-state index is 13.5. The highest BCUT2D eigenvalue weighted by atomic mass is 32.2. The van der Waals surface area contributed by atoms with Crippen LogP contribution in [0.5, 0.6) is 0 Å². The van der Waals surface area contributed by atoms with Crippen molar-refractivity contribution in [2.75, 3.05) is 20.2 Å². The van der Waals surface area contributed by atoms with Gasteiger partial charge in [0.25, 0.3) is 10.0 Å². The van der Waals surface area contributed by atoms with Gasteiger partial charge in [0, 0.05) is 19.2 Å². The molecule has 250 valence electrons. The van der Waals surface area contributed by atoms with Gasteiger partial charge in [-0.2, -0.15) is 23.6 Å². The average Bonchev–Trinajstić information content (AvgIpc) is 3.48. The van der Waals surface area contributed by atoms with Gasteiger partial charge >= 0.3 is 18.2 Å². The molecule has 0 radical (unpaired) electrons. The Bertz CT molecular complexity index is 1780. The molecule has 47 heavy (non-hydrogen) atoms. The number of alkyl halides is 3. The number of sulfonamides is 1.